The molecule has 0 aromatic rings. The molecule has 0 aromatic carbocycles. The fraction of sp³-hybridized carbons (Fsp3) is 0.944. The molecule has 0 atom stereocenters. The molecule has 132 valence electrons. The second-order valence-electron chi connectivity index (χ2n) is 7.61. The van der Waals surface area contributed by atoms with Crippen molar-refractivity contribution < 1.29 is 9.53 Å². The first-order chi connectivity index (χ1) is 11.1. The van der Waals surface area contributed by atoms with Crippen molar-refractivity contribution in [3.63, 3.8) is 0 Å². The van der Waals surface area contributed by atoms with Gasteiger partial charge in [0.25, 0.3) is 0 Å². The van der Waals surface area contributed by atoms with Gasteiger partial charge in [0, 0.05) is 57.4 Å². The van der Waals surface area contributed by atoms with E-state index in [4.69, 9.17) is 4.74 Å². The lowest BCUT2D eigenvalue weighted by Crippen LogP contribution is -2.54. The van der Waals surface area contributed by atoms with E-state index < -0.39 is 0 Å². The van der Waals surface area contributed by atoms with Crippen LogP contribution in [0.5, 0.6) is 0 Å². The first kappa shape index (κ1) is 17.2. The smallest absolute Gasteiger partial charge is 0.225 e. The number of ether oxygens (including phenoxy) is 1. The van der Waals surface area contributed by atoms with Crippen molar-refractivity contribution in [2.45, 2.75) is 51.6 Å². The van der Waals surface area contributed by atoms with E-state index in [1.165, 1.54) is 0 Å². The van der Waals surface area contributed by atoms with Crippen LogP contribution in [0.15, 0.2) is 0 Å². The highest BCUT2D eigenvalue weighted by Crippen LogP contribution is 2.23. The van der Waals surface area contributed by atoms with Gasteiger partial charge in [-0.15, -0.1) is 0 Å². The summed E-state index contributed by atoms with van der Waals surface area (Å²) in [6, 6.07) is 1.28. The minimum absolute atomic E-state index is 0.264. The maximum absolute atomic E-state index is 12.8. The molecule has 0 spiro atoms. The lowest BCUT2D eigenvalue weighted by molar-refractivity contribution is -0.139. The SMILES string of the molecule is CC(C)N1CCC(C(=O)N2CCN(C3CCOCC3)CC2)CC1. The average molecular weight is 323 g/mol. The number of piperidine rings is 1. The standard InChI is InChI=1S/C18H33N3O2/c1-15(2)19-7-3-16(4-8-19)18(22)21-11-9-20(10-12-21)17-5-13-23-14-6-17/h15-17H,3-14H2,1-2H3. The Labute approximate surface area is 140 Å². The molecular formula is C18H33N3O2. The Morgan fingerprint density at radius 3 is 2.09 bits per heavy atom. The van der Waals surface area contributed by atoms with Crippen molar-refractivity contribution in [1.82, 2.24) is 14.7 Å². The quantitative estimate of drug-likeness (QED) is 0.787. The summed E-state index contributed by atoms with van der Waals surface area (Å²) in [4.78, 5) is 20.0. The van der Waals surface area contributed by atoms with Gasteiger partial charge in [0.2, 0.25) is 5.91 Å². The molecule has 3 heterocycles. The van der Waals surface area contributed by atoms with E-state index in [1.807, 2.05) is 0 Å². The largest absolute Gasteiger partial charge is 0.381 e. The Morgan fingerprint density at radius 1 is 0.913 bits per heavy atom. The van der Waals surface area contributed by atoms with Gasteiger partial charge in [0.05, 0.1) is 0 Å². The van der Waals surface area contributed by atoms with Crippen LogP contribution in [-0.2, 0) is 9.53 Å². The Hall–Kier alpha value is -0.650. The first-order valence-electron chi connectivity index (χ1n) is 9.50. The lowest BCUT2D eigenvalue weighted by atomic mass is 9.94. The minimum Gasteiger partial charge on any atom is -0.381 e. The molecule has 3 aliphatic rings. The number of rotatable bonds is 3. The molecule has 0 aromatic heterocycles. The molecule has 1 amide bonds. The first-order valence-corrected chi connectivity index (χ1v) is 9.50. The zero-order valence-corrected chi connectivity index (χ0v) is 14.9. The molecule has 5 nitrogen and oxygen atoms in total. The van der Waals surface area contributed by atoms with Gasteiger partial charge in [0.15, 0.2) is 0 Å². The number of hydrogen-bond donors (Lipinski definition) is 0. The van der Waals surface area contributed by atoms with E-state index in [1.54, 1.807) is 0 Å². The molecule has 3 aliphatic heterocycles. The Balaban J connectivity index is 1.43. The minimum atomic E-state index is 0.264. The highest BCUT2D eigenvalue weighted by molar-refractivity contribution is 5.79. The third-order valence-corrected chi connectivity index (χ3v) is 5.94. The molecular weight excluding hydrogens is 290 g/mol. The van der Waals surface area contributed by atoms with Crippen molar-refractivity contribution in [3.05, 3.63) is 0 Å². The Kier molecular flexibility index (Phi) is 5.94. The number of nitrogens with zero attached hydrogens (tertiary/aromatic N) is 3. The third kappa shape index (κ3) is 4.25. The molecule has 0 aliphatic carbocycles. The zero-order valence-electron chi connectivity index (χ0n) is 14.9. The summed E-state index contributed by atoms with van der Waals surface area (Å²) >= 11 is 0. The van der Waals surface area contributed by atoms with Gasteiger partial charge in [-0.3, -0.25) is 9.69 Å². The molecule has 3 saturated heterocycles. The van der Waals surface area contributed by atoms with Gasteiger partial charge in [0.1, 0.15) is 0 Å². The molecule has 0 radical (unpaired) electrons. The normalized spacial score (nSPS) is 26.8. The molecule has 3 fully saturated rings. The zero-order chi connectivity index (χ0) is 16.2. The summed E-state index contributed by atoms with van der Waals surface area (Å²) in [6.45, 7) is 12.4. The van der Waals surface area contributed by atoms with E-state index in [0.717, 1.165) is 78.2 Å². The van der Waals surface area contributed by atoms with Gasteiger partial charge >= 0.3 is 0 Å². The molecule has 5 heteroatoms. The summed E-state index contributed by atoms with van der Waals surface area (Å²) in [5.41, 5.74) is 0. The lowest BCUT2D eigenvalue weighted by Gasteiger charge is -2.42. The molecule has 0 N–H and O–H groups in total. The number of amides is 1. The van der Waals surface area contributed by atoms with Crippen LogP contribution in [0.1, 0.15) is 39.5 Å². The predicted molar refractivity (Wildman–Crippen MR) is 91.4 cm³/mol. The second kappa shape index (κ2) is 7.95. The molecule has 0 bridgehead atoms. The van der Waals surface area contributed by atoms with Crippen molar-refractivity contribution in [2.75, 3.05) is 52.5 Å². The van der Waals surface area contributed by atoms with Gasteiger partial charge in [-0.05, 0) is 52.6 Å². The van der Waals surface area contributed by atoms with E-state index in [-0.39, 0.29) is 5.92 Å². The van der Waals surface area contributed by atoms with Crippen LogP contribution in [0.2, 0.25) is 0 Å². The number of piperazine rings is 1. The van der Waals surface area contributed by atoms with E-state index in [9.17, 15) is 4.79 Å². The summed E-state index contributed by atoms with van der Waals surface area (Å²) in [7, 11) is 0. The third-order valence-electron chi connectivity index (χ3n) is 5.94. The van der Waals surface area contributed by atoms with Gasteiger partial charge < -0.3 is 14.5 Å². The summed E-state index contributed by atoms with van der Waals surface area (Å²) in [5.74, 6) is 0.680. The van der Waals surface area contributed by atoms with Crippen LogP contribution in [0.25, 0.3) is 0 Å². The van der Waals surface area contributed by atoms with Crippen LogP contribution < -0.4 is 0 Å². The second-order valence-corrected chi connectivity index (χ2v) is 7.61. The van der Waals surface area contributed by atoms with Crippen molar-refractivity contribution in [2.24, 2.45) is 5.92 Å². The van der Waals surface area contributed by atoms with Gasteiger partial charge in [-0.25, -0.2) is 0 Å². The number of carbonyl (C=O) groups is 1. The Bertz CT molecular complexity index is 380. The van der Waals surface area contributed by atoms with E-state index in [2.05, 4.69) is 28.5 Å². The fourth-order valence-corrected chi connectivity index (χ4v) is 4.28. The van der Waals surface area contributed by atoms with Crippen LogP contribution in [0.4, 0.5) is 0 Å². The van der Waals surface area contributed by atoms with Crippen LogP contribution in [0.3, 0.4) is 0 Å². The predicted octanol–water partition coefficient (Wildman–Crippen LogP) is 1.43. The molecule has 23 heavy (non-hydrogen) atoms. The van der Waals surface area contributed by atoms with Gasteiger partial charge in [-0.1, -0.05) is 0 Å². The highest BCUT2D eigenvalue weighted by Gasteiger charge is 2.32. The van der Waals surface area contributed by atoms with Crippen LogP contribution in [0, 0.1) is 5.92 Å². The molecule has 0 saturated carbocycles. The summed E-state index contributed by atoms with van der Waals surface area (Å²) < 4.78 is 5.46. The Morgan fingerprint density at radius 2 is 1.52 bits per heavy atom. The van der Waals surface area contributed by atoms with Crippen LogP contribution >= 0.6 is 0 Å². The average Bonchev–Trinajstić information content (AvgIpc) is 2.62. The molecule has 0 unspecified atom stereocenters. The maximum atomic E-state index is 12.8. The summed E-state index contributed by atoms with van der Waals surface area (Å²) in [5, 5.41) is 0. The number of carbonyl (C=O) groups excluding carboxylic acids is 1. The maximum Gasteiger partial charge on any atom is 0.225 e. The molecule has 3 rings (SSSR count). The highest BCUT2D eigenvalue weighted by atomic mass is 16.5. The van der Waals surface area contributed by atoms with Crippen LogP contribution in [-0.4, -0.2) is 85.2 Å². The van der Waals surface area contributed by atoms with Crippen molar-refractivity contribution in [1.29, 1.82) is 0 Å². The number of likely N-dealkylation sites (tertiary alicyclic amines) is 1. The monoisotopic (exact) mass is 323 g/mol. The summed E-state index contributed by atoms with van der Waals surface area (Å²) in [6.07, 6.45) is 4.39. The van der Waals surface area contributed by atoms with Crippen molar-refractivity contribution in [3.8, 4) is 0 Å². The topological polar surface area (TPSA) is 36.0 Å². The van der Waals surface area contributed by atoms with E-state index in [0.29, 0.717) is 18.0 Å². The van der Waals surface area contributed by atoms with Gasteiger partial charge in [-0.2, -0.15) is 0 Å². The van der Waals surface area contributed by atoms with Crippen molar-refractivity contribution >= 4 is 5.91 Å². The fourth-order valence-electron chi connectivity index (χ4n) is 4.28. The van der Waals surface area contributed by atoms with E-state index >= 15 is 0 Å². The number of hydrogen-bond acceptors (Lipinski definition) is 4.